The van der Waals surface area contributed by atoms with E-state index in [-0.39, 0.29) is 12.5 Å². The number of anilines is 1. The largest absolute Gasteiger partial charge is 0.496 e. The van der Waals surface area contributed by atoms with Crippen LogP contribution in [0.25, 0.3) is 0 Å². The van der Waals surface area contributed by atoms with Gasteiger partial charge in [0.25, 0.3) is 5.91 Å². The minimum Gasteiger partial charge on any atom is -0.496 e. The summed E-state index contributed by atoms with van der Waals surface area (Å²) in [4.78, 5) is 12.6. The number of para-hydroxylation sites is 1. The third kappa shape index (κ3) is 5.02. The van der Waals surface area contributed by atoms with Crippen LogP contribution >= 0.6 is 27.5 Å². The quantitative estimate of drug-likeness (QED) is 0.509. The highest BCUT2D eigenvalue weighted by Crippen LogP contribution is 2.27. The van der Waals surface area contributed by atoms with E-state index in [1.165, 1.54) is 0 Å². The molecule has 138 valence electrons. The highest BCUT2D eigenvalue weighted by Gasteiger charge is 2.12. The van der Waals surface area contributed by atoms with Crippen LogP contribution in [-0.2, 0) is 6.61 Å². The van der Waals surface area contributed by atoms with Crippen LogP contribution in [0.3, 0.4) is 0 Å². The lowest BCUT2D eigenvalue weighted by atomic mass is 10.1. The van der Waals surface area contributed by atoms with Crippen molar-refractivity contribution in [3.63, 3.8) is 0 Å². The average Bonchev–Trinajstić information content (AvgIpc) is 2.67. The predicted octanol–water partition coefficient (Wildman–Crippen LogP) is 5.94. The van der Waals surface area contributed by atoms with Crippen molar-refractivity contribution in [3.8, 4) is 11.5 Å². The van der Waals surface area contributed by atoms with E-state index < -0.39 is 0 Å². The van der Waals surface area contributed by atoms with E-state index in [0.717, 1.165) is 10.0 Å². The van der Waals surface area contributed by atoms with Crippen LogP contribution < -0.4 is 14.8 Å². The van der Waals surface area contributed by atoms with Crippen molar-refractivity contribution in [2.45, 2.75) is 6.61 Å². The maximum atomic E-state index is 12.6. The van der Waals surface area contributed by atoms with Crippen LogP contribution in [0, 0.1) is 0 Å². The van der Waals surface area contributed by atoms with Crippen LogP contribution in [-0.4, -0.2) is 13.0 Å². The number of halogens is 2. The van der Waals surface area contributed by atoms with Crippen molar-refractivity contribution in [1.82, 2.24) is 0 Å². The van der Waals surface area contributed by atoms with Gasteiger partial charge in [-0.25, -0.2) is 0 Å². The van der Waals surface area contributed by atoms with Gasteiger partial charge < -0.3 is 14.8 Å². The van der Waals surface area contributed by atoms with Crippen LogP contribution in [0.4, 0.5) is 5.69 Å². The molecule has 0 unspecified atom stereocenters. The zero-order valence-electron chi connectivity index (χ0n) is 14.5. The maximum absolute atomic E-state index is 12.6. The van der Waals surface area contributed by atoms with Crippen molar-refractivity contribution in [3.05, 3.63) is 87.4 Å². The molecule has 0 radical (unpaired) electrons. The minimum atomic E-state index is -0.213. The first kappa shape index (κ1) is 19.3. The molecule has 0 atom stereocenters. The molecular weight excluding hydrogens is 430 g/mol. The zero-order chi connectivity index (χ0) is 19.2. The third-order valence-electron chi connectivity index (χ3n) is 3.84. The molecule has 1 amide bonds. The zero-order valence-corrected chi connectivity index (χ0v) is 16.9. The number of hydrogen-bond acceptors (Lipinski definition) is 3. The van der Waals surface area contributed by atoms with Crippen molar-refractivity contribution >= 4 is 39.1 Å². The first-order chi connectivity index (χ1) is 13.1. The second-order valence-corrected chi connectivity index (χ2v) is 7.03. The Morgan fingerprint density at radius 2 is 1.85 bits per heavy atom. The Labute approximate surface area is 171 Å². The Balaban J connectivity index is 1.78. The van der Waals surface area contributed by atoms with Gasteiger partial charge >= 0.3 is 0 Å². The first-order valence-electron chi connectivity index (χ1n) is 8.18. The van der Waals surface area contributed by atoms with Gasteiger partial charge in [0.1, 0.15) is 18.1 Å². The number of ether oxygens (including phenoxy) is 2. The molecule has 0 saturated heterocycles. The number of carbonyl (C=O) groups is 1. The summed E-state index contributed by atoms with van der Waals surface area (Å²) in [5.41, 5.74) is 1.96. The Morgan fingerprint density at radius 3 is 2.59 bits per heavy atom. The van der Waals surface area contributed by atoms with Gasteiger partial charge in [-0.15, -0.1) is 0 Å². The number of rotatable bonds is 6. The summed E-state index contributed by atoms with van der Waals surface area (Å²) < 4.78 is 12.1. The smallest absolute Gasteiger partial charge is 0.255 e. The van der Waals surface area contributed by atoms with Crippen molar-refractivity contribution in [1.29, 1.82) is 0 Å². The molecule has 3 aromatic carbocycles. The molecule has 0 aromatic heterocycles. The van der Waals surface area contributed by atoms with E-state index >= 15 is 0 Å². The molecule has 0 saturated carbocycles. The van der Waals surface area contributed by atoms with Gasteiger partial charge in [-0.3, -0.25) is 4.79 Å². The fourth-order valence-electron chi connectivity index (χ4n) is 2.52. The molecule has 0 fully saturated rings. The van der Waals surface area contributed by atoms with Crippen LogP contribution in [0.15, 0.2) is 71.2 Å². The molecule has 4 nitrogen and oxygen atoms in total. The Bertz CT molecular complexity index is 962. The van der Waals surface area contributed by atoms with Crippen LogP contribution in [0.1, 0.15) is 15.9 Å². The molecule has 1 N–H and O–H groups in total. The van der Waals surface area contributed by atoms with Crippen molar-refractivity contribution < 1.29 is 14.3 Å². The number of hydrogen-bond donors (Lipinski definition) is 1. The highest BCUT2D eigenvalue weighted by atomic mass is 79.9. The van der Waals surface area contributed by atoms with Crippen LogP contribution in [0.5, 0.6) is 11.5 Å². The van der Waals surface area contributed by atoms with Gasteiger partial charge in [0.2, 0.25) is 0 Å². The maximum Gasteiger partial charge on any atom is 0.255 e. The molecule has 0 spiro atoms. The van der Waals surface area contributed by atoms with E-state index in [9.17, 15) is 4.79 Å². The van der Waals surface area contributed by atoms with Crippen molar-refractivity contribution in [2.75, 3.05) is 12.4 Å². The lowest BCUT2D eigenvalue weighted by Gasteiger charge is -2.13. The summed E-state index contributed by atoms with van der Waals surface area (Å²) >= 11 is 9.52. The topological polar surface area (TPSA) is 47.6 Å². The number of benzene rings is 3. The average molecular weight is 447 g/mol. The molecule has 0 heterocycles. The summed E-state index contributed by atoms with van der Waals surface area (Å²) in [5.74, 6) is 1.00. The SMILES string of the molecule is COc1ccc(C(=O)Nc2cccc(Br)c2)cc1COc1ccccc1Cl. The first-order valence-corrected chi connectivity index (χ1v) is 9.35. The van der Waals surface area contributed by atoms with E-state index in [1.54, 1.807) is 37.4 Å². The van der Waals surface area contributed by atoms with Gasteiger partial charge in [-0.1, -0.05) is 45.7 Å². The summed E-state index contributed by atoms with van der Waals surface area (Å²) in [7, 11) is 1.58. The number of carbonyl (C=O) groups excluding carboxylic acids is 1. The number of methoxy groups -OCH3 is 1. The van der Waals surface area contributed by atoms with E-state index in [1.807, 2.05) is 36.4 Å². The molecule has 0 aliphatic carbocycles. The van der Waals surface area contributed by atoms with Gasteiger partial charge in [-0.05, 0) is 48.5 Å². The van der Waals surface area contributed by atoms with E-state index in [0.29, 0.717) is 27.8 Å². The summed E-state index contributed by atoms with van der Waals surface area (Å²) in [6.45, 7) is 0.227. The normalized spacial score (nSPS) is 10.3. The Kier molecular flexibility index (Phi) is 6.37. The van der Waals surface area contributed by atoms with Gasteiger partial charge in [0.15, 0.2) is 0 Å². The molecular formula is C21H17BrClNO3. The molecule has 0 bridgehead atoms. The molecule has 0 aliphatic rings. The molecule has 0 aliphatic heterocycles. The van der Waals surface area contributed by atoms with Crippen molar-refractivity contribution in [2.24, 2.45) is 0 Å². The van der Waals surface area contributed by atoms with Gasteiger partial charge in [0.05, 0.1) is 12.1 Å². The highest BCUT2D eigenvalue weighted by molar-refractivity contribution is 9.10. The second-order valence-electron chi connectivity index (χ2n) is 5.71. The standard InChI is InChI=1S/C21H17BrClNO3/c1-26-19-10-9-14(21(25)24-17-6-4-5-16(22)12-17)11-15(19)13-27-20-8-3-2-7-18(20)23/h2-12H,13H2,1H3,(H,24,25). The second kappa shape index (κ2) is 8.93. The fourth-order valence-corrected chi connectivity index (χ4v) is 3.11. The monoisotopic (exact) mass is 445 g/mol. The lowest BCUT2D eigenvalue weighted by molar-refractivity contribution is 0.102. The summed E-state index contributed by atoms with van der Waals surface area (Å²) in [5, 5.41) is 3.40. The van der Waals surface area contributed by atoms with E-state index in [2.05, 4.69) is 21.2 Å². The molecule has 27 heavy (non-hydrogen) atoms. The molecule has 3 aromatic rings. The molecule has 6 heteroatoms. The predicted molar refractivity (Wildman–Crippen MR) is 111 cm³/mol. The number of amides is 1. The summed E-state index contributed by atoms with van der Waals surface area (Å²) in [6, 6.07) is 19.9. The summed E-state index contributed by atoms with van der Waals surface area (Å²) in [6.07, 6.45) is 0. The Hall–Kier alpha value is -2.50. The fraction of sp³-hybridized carbons (Fsp3) is 0.0952. The van der Waals surface area contributed by atoms with Crippen LogP contribution in [0.2, 0.25) is 5.02 Å². The van der Waals surface area contributed by atoms with E-state index in [4.69, 9.17) is 21.1 Å². The van der Waals surface area contributed by atoms with Gasteiger partial charge in [-0.2, -0.15) is 0 Å². The van der Waals surface area contributed by atoms with Gasteiger partial charge in [0, 0.05) is 21.3 Å². The lowest BCUT2D eigenvalue weighted by Crippen LogP contribution is -2.12. The third-order valence-corrected chi connectivity index (χ3v) is 4.65. The minimum absolute atomic E-state index is 0.213. The Morgan fingerprint density at radius 1 is 1.04 bits per heavy atom. The molecule has 3 rings (SSSR count). The number of nitrogens with one attached hydrogen (secondary N) is 1.